The third kappa shape index (κ3) is 4.83. The van der Waals surface area contributed by atoms with Crippen molar-refractivity contribution >= 4 is 17.7 Å². The van der Waals surface area contributed by atoms with Gasteiger partial charge in [-0.3, -0.25) is 9.36 Å². The third-order valence-corrected chi connectivity index (χ3v) is 6.29. The maximum atomic E-state index is 13.3. The van der Waals surface area contributed by atoms with Crippen molar-refractivity contribution < 1.29 is 9.53 Å². The summed E-state index contributed by atoms with van der Waals surface area (Å²) >= 11 is 1.31. The van der Waals surface area contributed by atoms with Crippen molar-refractivity contribution in [2.24, 2.45) is 0 Å². The molecule has 4 rings (SSSR count). The lowest BCUT2D eigenvalue weighted by Gasteiger charge is -2.30. The van der Waals surface area contributed by atoms with E-state index in [0.717, 1.165) is 11.1 Å². The van der Waals surface area contributed by atoms with E-state index in [1.165, 1.54) is 11.8 Å². The Hall–Kier alpha value is -2.84. The first-order valence-electron chi connectivity index (χ1n) is 9.99. The smallest absolute Gasteiger partial charge is 0.343 e. The zero-order valence-electron chi connectivity index (χ0n) is 16.6. The molecule has 30 heavy (non-hydrogen) atoms. The molecule has 1 fully saturated rings. The van der Waals surface area contributed by atoms with Gasteiger partial charge in [0.2, 0.25) is 5.91 Å². The Morgan fingerprint density at radius 2 is 1.73 bits per heavy atom. The van der Waals surface area contributed by atoms with E-state index >= 15 is 0 Å². The van der Waals surface area contributed by atoms with Gasteiger partial charge in [-0.05, 0) is 17.5 Å². The number of aromatic nitrogens is 3. The van der Waals surface area contributed by atoms with Crippen molar-refractivity contribution in [1.29, 1.82) is 0 Å². The molecule has 2 heterocycles. The van der Waals surface area contributed by atoms with Crippen molar-refractivity contribution in [2.75, 3.05) is 26.3 Å². The van der Waals surface area contributed by atoms with E-state index in [4.69, 9.17) is 4.74 Å². The van der Waals surface area contributed by atoms with Crippen LogP contribution in [0.4, 0.5) is 0 Å². The lowest BCUT2D eigenvalue weighted by atomic mass is 10.1. The summed E-state index contributed by atoms with van der Waals surface area (Å²) in [5.74, 6) is 0.0135. The molecule has 2 aromatic carbocycles. The average molecular weight is 425 g/mol. The fourth-order valence-corrected chi connectivity index (χ4v) is 4.57. The van der Waals surface area contributed by atoms with Gasteiger partial charge < -0.3 is 9.64 Å². The van der Waals surface area contributed by atoms with Crippen LogP contribution in [-0.4, -0.2) is 51.9 Å². The number of H-pyrrole nitrogens is 1. The van der Waals surface area contributed by atoms with Crippen LogP contribution in [0.2, 0.25) is 0 Å². The summed E-state index contributed by atoms with van der Waals surface area (Å²) in [5, 5.41) is 6.80. The topological polar surface area (TPSA) is 80.2 Å². The molecular weight excluding hydrogens is 400 g/mol. The van der Waals surface area contributed by atoms with E-state index in [9.17, 15) is 9.59 Å². The molecule has 1 unspecified atom stereocenters. The van der Waals surface area contributed by atoms with Crippen LogP contribution in [0.15, 0.2) is 70.6 Å². The molecular formula is C22H24N4O3S. The number of hydrogen-bond acceptors (Lipinski definition) is 5. The van der Waals surface area contributed by atoms with Crippen LogP contribution in [0.3, 0.4) is 0 Å². The molecule has 0 saturated carbocycles. The van der Waals surface area contributed by atoms with Crippen molar-refractivity contribution in [2.45, 2.75) is 23.4 Å². The first-order chi connectivity index (χ1) is 14.7. The molecule has 8 heteroatoms. The fourth-order valence-electron chi connectivity index (χ4n) is 3.42. The van der Waals surface area contributed by atoms with Gasteiger partial charge in [0.15, 0.2) is 5.16 Å². The monoisotopic (exact) mass is 424 g/mol. The minimum Gasteiger partial charge on any atom is -0.378 e. The summed E-state index contributed by atoms with van der Waals surface area (Å²) in [6, 6.07) is 19.6. The number of aryl methyl sites for hydroxylation is 1. The highest BCUT2D eigenvalue weighted by Gasteiger charge is 2.30. The van der Waals surface area contributed by atoms with E-state index < -0.39 is 5.25 Å². The normalized spacial score (nSPS) is 15.1. The van der Waals surface area contributed by atoms with Crippen LogP contribution < -0.4 is 5.69 Å². The number of ether oxygens (including phenoxy) is 1. The lowest BCUT2D eigenvalue weighted by molar-refractivity contribution is -0.134. The Morgan fingerprint density at radius 3 is 2.43 bits per heavy atom. The molecule has 1 aliphatic rings. The summed E-state index contributed by atoms with van der Waals surface area (Å²) < 4.78 is 7.00. The number of carbonyl (C=O) groups is 1. The summed E-state index contributed by atoms with van der Waals surface area (Å²) in [5.41, 5.74) is 1.77. The molecule has 1 aliphatic heterocycles. The van der Waals surface area contributed by atoms with E-state index in [2.05, 4.69) is 10.2 Å². The van der Waals surface area contributed by atoms with E-state index in [0.29, 0.717) is 44.4 Å². The molecule has 7 nitrogen and oxygen atoms in total. The highest BCUT2D eigenvalue weighted by Crippen LogP contribution is 2.35. The number of rotatable bonds is 7. The Bertz CT molecular complexity index is 1010. The highest BCUT2D eigenvalue weighted by molar-refractivity contribution is 8.00. The molecule has 0 radical (unpaired) electrons. The number of nitrogens with one attached hydrogen (secondary N) is 1. The maximum absolute atomic E-state index is 13.3. The number of benzene rings is 2. The third-order valence-electron chi connectivity index (χ3n) is 5.06. The first-order valence-corrected chi connectivity index (χ1v) is 10.9. The maximum Gasteiger partial charge on any atom is 0.343 e. The van der Waals surface area contributed by atoms with Gasteiger partial charge in [0.1, 0.15) is 5.25 Å². The molecule has 1 aromatic heterocycles. The number of morpholine rings is 1. The molecule has 0 aliphatic carbocycles. The SMILES string of the molecule is O=C(C(Sc1n[nH]c(=O)n1CCc1ccccc1)c1ccccc1)N1CCOCC1. The zero-order chi connectivity index (χ0) is 20.8. The number of nitrogens with zero attached hydrogens (tertiary/aromatic N) is 3. The number of thioether (sulfide) groups is 1. The van der Waals surface area contributed by atoms with Gasteiger partial charge in [0.05, 0.1) is 13.2 Å². The molecule has 0 bridgehead atoms. The quantitative estimate of drug-likeness (QED) is 0.590. The van der Waals surface area contributed by atoms with Gasteiger partial charge in [0, 0.05) is 19.6 Å². The Labute approximate surface area is 179 Å². The van der Waals surface area contributed by atoms with Crippen LogP contribution in [0, 0.1) is 0 Å². The highest BCUT2D eigenvalue weighted by atomic mass is 32.2. The second-order valence-corrected chi connectivity index (χ2v) is 8.12. The summed E-state index contributed by atoms with van der Waals surface area (Å²) in [7, 11) is 0. The number of hydrogen-bond donors (Lipinski definition) is 1. The van der Waals surface area contributed by atoms with Gasteiger partial charge in [-0.15, -0.1) is 5.10 Å². The largest absolute Gasteiger partial charge is 0.378 e. The number of aromatic amines is 1. The average Bonchev–Trinajstić information content (AvgIpc) is 3.16. The fraction of sp³-hybridized carbons (Fsp3) is 0.318. The van der Waals surface area contributed by atoms with Gasteiger partial charge in [-0.1, -0.05) is 72.4 Å². The second-order valence-electron chi connectivity index (χ2n) is 7.04. The van der Waals surface area contributed by atoms with Gasteiger partial charge >= 0.3 is 5.69 Å². The van der Waals surface area contributed by atoms with Crippen LogP contribution >= 0.6 is 11.8 Å². The van der Waals surface area contributed by atoms with Gasteiger partial charge in [-0.2, -0.15) is 0 Å². The summed E-state index contributed by atoms with van der Waals surface area (Å²) in [6.07, 6.45) is 0.710. The minimum absolute atomic E-state index is 0.0135. The standard InChI is InChI=1S/C22H24N4O3S/c27-20(25-13-15-29-16-14-25)19(18-9-5-2-6-10-18)30-22-24-23-21(28)26(22)12-11-17-7-3-1-4-8-17/h1-10,19H,11-16H2,(H,23,28). The Kier molecular flexibility index (Phi) is 6.66. The number of amides is 1. The van der Waals surface area contributed by atoms with Gasteiger partial charge in [-0.25, -0.2) is 9.89 Å². The second kappa shape index (κ2) is 9.77. The van der Waals surface area contributed by atoms with Crippen LogP contribution in [0.5, 0.6) is 0 Å². The van der Waals surface area contributed by atoms with E-state index in [1.807, 2.05) is 65.6 Å². The molecule has 1 atom stereocenters. The lowest BCUT2D eigenvalue weighted by Crippen LogP contribution is -2.42. The van der Waals surface area contributed by atoms with Crippen molar-refractivity contribution in [1.82, 2.24) is 19.7 Å². The molecule has 156 valence electrons. The summed E-state index contributed by atoms with van der Waals surface area (Å²) in [4.78, 5) is 27.5. The van der Waals surface area contributed by atoms with Crippen molar-refractivity contribution in [3.63, 3.8) is 0 Å². The van der Waals surface area contributed by atoms with Gasteiger partial charge in [0.25, 0.3) is 0 Å². The van der Waals surface area contributed by atoms with Crippen molar-refractivity contribution in [3.05, 3.63) is 82.3 Å². The first kappa shape index (κ1) is 20.4. The molecule has 1 amide bonds. The molecule has 0 spiro atoms. The molecule has 3 aromatic rings. The van der Waals surface area contributed by atoms with Crippen LogP contribution in [-0.2, 0) is 22.5 Å². The van der Waals surface area contributed by atoms with E-state index in [1.54, 1.807) is 4.57 Å². The number of carbonyl (C=O) groups excluding carboxylic acids is 1. The predicted octanol–water partition coefficient (Wildman–Crippen LogP) is 2.51. The van der Waals surface area contributed by atoms with E-state index in [-0.39, 0.29) is 11.6 Å². The minimum atomic E-state index is -0.477. The zero-order valence-corrected chi connectivity index (χ0v) is 17.4. The predicted molar refractivity (Wildman–Crippen MR) is 115 cm³/mol. The van der Waals surface area contributed by atoms with Crippen molar-refractivity contribution in [3.8, 4) is 0 Å². The molecule has 1 saturated heterocycles. The van der Waals surface area contributed by atoms with Crippen LogP contribution in [0.1, 0.15) is 16.4 Å². The molecule has 1 N–H and O–H groups in total. The Morgan fingerprint density at radius 1 is 1.07 bits per heavy atom. The Balaban J connectivity index is 1.57. The summed E-state index contributed by atoms with van der Waals surface area (Å²) in [6.45, 7) is 2.73. The van der Waals surface area contributed by atoms with Crippen LogP contribution in [0.25, 0.3) is 0 Å².